The van der Waals surface area contributed by atoms with E-state index in [-0.39, 0.29) is 0 Å². The van der Waals surface area contributed by atoms with E-state index in [0.717, 1.165) is 24.3 Å². The fourth-order valence-electron chi connectivity index (χ4n) is 1.86. The van der Waals surface area contributed by atoms with Crippen LogP contribution in [-0.4, -0.2) is 16.9 Å². The first-order valence-corrected chi connectivity index (χ1v) is 6.14. The molecule has 2 aromatic rings. The van der Waals surface area contributed by atoms with Crippen molar-refractivity contribution >= 4 is 17.3 Å². The Hall–Kier alpha value is -1.58. The van der Waals surface area contributed by atoms with Gasteiger partial charge in [-0.1, -0.05) is 17.7 Å². The summed E-state index contributed by atoms with van der Waals surface area (Å²) in [5.41, 5.74) is 8.94. The highest BCUT2D eigenvalue weighted by molar-refractivity contribution is 6.30. The molecule has 0 aliphatic rings. The lowest BCUT2D eigenvalue weighted by atomic mass is 10.1. The lowest BCUT2D eigenvalue weighted by Gasteiger charge is -2.17. The highest BCUT2D eigenvalue weighted by Gasteiger charge is 2.05. The summed E-state index contributed by atoms with van der Waals surface area (Å²) in [6, 6.07) is 9.56. The van der Waals surface area contributed by atoms with Gasteiger partial charge in [-0.05, 0) is 42.4 Å². The molecule has 2 N–H and O–H groups in total. The van der Waals surface area contributed by atoms with Gasteiger partial charge in [-0.15, -0.1) is 0 Å². The molecule has 1 aromatic carbocycles. The first-order chi connectivity index (χ1) is 8.65. The second-order valence-corrected chi connectivity index (χ2v) is 4.81. The topological polar surface area (TPSA) is 42.2 Å². The van der Waals surface area contributed by atoms with Gasteiger partial charge in [0, 0.05) is 36.2 Å². The average molecular weight is 262 g/mol. The maximum absolute atomic E-state index is 5.98. The number of nitrogens with two attached hydrogens (primary N) is 1. The normalized spacial score (nSPS) is 10.8. The van der Waals surface area contributed by atoms with E-state index < -0.39 is 0 Å². The van der Waals surface area contributed by atoms with Gasteiger partial charge in [-0.2, -0.15) is 0 Å². The summed E-state index contributed by atoms with van der Waals surface area (Å²) in [6.07, 6.45) is 3.65. The van der Waals surface area contributed by atoms with Crippen LogP contribution in [-0.2, 0) is 13.1 Å². The van der Waals surface area contributed by atoms with Crippen LogP contribution in [0.1, 0.15) is 11.1 Å². The van der Waals surface area contributed by atoms with Gasteiger partial charge in [0.2, 0.25) is 0 Å². The fourth-order valence-corrected chi connectivity index (χ4v) is 2.06. The van der Waals surface area contributed by atoms with E-state index >= 15 is 0 Å². The van der Waals surface area contributed by atoms with Crippen LogP contribution in [0.5, 0.6) is 0 Å². The quantitative estimate of drug-likeness (QED) is 0.861. The molecule has 2 rings (SSSR count). The van der Waals surface area contributed by atoms with E-state index in [1.807, 2.05) is 37.5 Å². The van der Waals surface area contributed by atoms with Crippen molar-refractivity contribution in [1.82, 2.24) is 9.88 Å². The number of benzene rings is 1. The predicted octanol–water partition coefficient (Wildman–Crippen LogP) is 2.95. The zero-order valence-corrected chi connectivity index (χ0v) is 11.1. The van der Waals surface area contributed by atoms with Crippen LogP contribution in [0, 0.1) is 0 Å². The van der Waals surface area contributed by atoms with Gasteiger partial charge >= 0.3 is 0 Å². The van der Waals surface area contributed by atoms with Gasteiger partial charge < -0.3 is 5.73 Å². The molecule has 0 saturated carbocycles. The first kappa shape index (κ1) is 12.9. The highest BCUT2D eigenvalue weighted by Crippen LogP contribution is 2.19. The Kier molecular flexibility index (Phi) is 4.18. The van der Waals surface area contributed by atoms with Gasteiger partial charge in [0.1, 0.15) is 0 Å². The maximum atomic E-state index is 5.98. The summed E-state index contributed by atoms with van der Waals surface area (Å²) in [7, 11) is 2.05. The van der Waals surface area contributed by atoms with E-state index in [1.165, 1.54) is 5.56 Å². The predicted molar refractivity (Wildman–Crippen MR) is 75.3 cm³/mol. The van der Waals surface area contributed by atoms with Crippen molar-refractivity contribution in [2.75, 3.05) is 12.8 Å². The number of nitrogens with zero attached hydrogens (tertiary/aromatic N) is 2. The zero-order valence-electron chi connectivity index (χ0n) is 10.3. The first-order valence-electron chi connectivity index (χ1n) is 5.76. The minimum absolute atomic E-state index is 0.717. The number of nitrogen functional groups attached to an aromatic ring is 1. The third-order valence-corrected chi connectivity index (χ3v) is 2.96. The van der Waals surface area contributed by atoms with Crippen LogP contribution in [0.15, 0.2) is 42.7 Å². The molecule has 4 heteroatoms. The Labute approximate surface area is 112 Å². The number of aromatic nitrogens is 1. The Balaban J connectivity index is 2.03. The lowest BCUT2D eigenvalue weighted by Crippen LogP contribution is -2.18. The number of hydrogen-bond acceptors (Lipinski definition) is 3. The fraction of sp³-hybridized carbons (Fsp3) is 0.214. The molecule has 0 aliphatic heterocycles. The minimum Gasteiger partial charge on any atom is -0.398 e. The molecule has 0 bridgehead atoms. The molecule has 0 fully saturated rings. The third kappa shape index (κ3) is 3.45. The molecule has 0 aliphatic carbocycles. The third-order valence-electron chi connectivity index (χ3n) is 2.72. The summed E-state index contributed by atoms with van der Waals surface area (Å²) >= 11 is 5.98. The van der Waals surface area contributed by atoms with Crippen molar-refractivity contribution in [2.24, 2.45) is 0 Å². The molecule has 1 aromatic heterocycles. The molecule has 0 atom stereocenters. The standard InChI is InChI=1S/C14H16ClN3/c1-18(9-11-3-2-6-17-8-11)10-12-7-13(15)4-5-14(12)16/h2-8H,9-10,16H2,1H3. The number of rotatable bonds is 4. The van der Waals surface area contributed by atoms with Crippen LogP contribution < -0.4 is 5.73 Å². The van der Waals surface area contributed by atoms with Crippen LogP contribution in [0.4, 0.5) is 5.69 Å². The highest BCUT2D eigenvalue weighted by atomic mass is 35.5. The van der Waals surface area contributed by atoms with Crippen molar-refractivity contribution < 1.29 is 0 Å². The van der Waals surface area contributed by atoms with E-state index in [2.05, 4.69) is 16.0 Å². The summed E-state index contributed by atoms with van der Waals surface area (Å²) < 4.78 is 0. The number of hydrogen-bond donors (Lipinski definition) is 1. The van der Waals surface area contributed by atoms with Gasteiger partial charge in [0.05, 0.1) is 0 Å². The van der Waals surface area contributed by atoms with Crippen molar-refractivity contribution in [3.8, 4) is 0 Å². The molecular formula is C14H16ClN3. The Morgan fingerprint density at radius 2 is 2.11 bits per heavy atom. The SMILES string of the molecule is CN(Cc1cccnc1)Cc1cc(Cl)ccc1N. The van der Waals surface area contributed by atoms with Gasteiger partial charge in [0.15, 0.2) is 0 Å². The summed E-state index contributed by atoms with van der Waals surface area (Å²) in [6.45, 7) is 1.60. The average Bonchev–Trinajstić information content (AvgIpc) is 2.35. The second-order valence-electron chi connectivity index (χ2n) is 4.38. The molecule has 0 radical (unpaired) electrons. The van der Waals surface area contributed by atoms with Crippen molar-refractivity contribution in [3.05, 3.63) is 58.9 Å². The van der Waals surface area contributed by atoms with Gasteiger partial charge in [-0.25, -0.2) is 0 Å². The summed E-state index contributed by atoms with van der Waals surface area (Å²) in [4.78, 5) is 6.28. The van der Waals surface area contributed by atoms with E-state index in [0.29, 0.717) is 5.02 Å². The monoisotopic (exact) mass is 261 g/mol. The molecule has 0 unspecified atom stereocenters. The van der Waals surface area contributed by atoms with Gasteiger partial charge in [-0.3, -0.25) is 9.88 Å². The van der Waals surface area contributed by atoms with Crippen molar-refractivity contribution in [2.45, 2.75) is 13.1 Å². The Bertz CT molecular complexity index is 514. The summed E-state index contributed by atoms with van der Waals surface area (Å²) in [5, 5.41) is 0.717. The smallest absolute Gasteiger partial charge is 0.0410 e. The van der Waals surface area contributed by atoms with Gasteiger partial charge in [0.25, 0.3) is 0 Å². The minimum atomic E-state index is 0.717. The van der Waals surface area contributed by atoms with Crippen molar-refractivity contribution in [3.63, 3.8) is 0 Å². The van der Waals surface area contributed by atoms with Crippen LogP contribution >= 0.6 is 11.6 Å². The molecule has 0 spiro atoms. The number of halogens is 1. The molecule has 0 amide bonds. The van der Waals surface area contributed by atoms with Crippen LogP contribution in [0.3, 0.4) is 0 Å². The zero-order chi connectivity index (χ0) is 13.0. The lowest BCUT2D eigenvalue weighted by molar-refractivity contribution is 0.319. The van der Waals surface area contributed by atoms with E-state index in [9.17, 15) is 0 Å². The van der Waals surface area contributed by atoms with Crippen LogP contribution in [0.2, 0.25) is 5.02 Å². The maximum Gasteiger partial charge on any atom is 0.0410 e. The number of pyridine rings is 1. The van der Waals surface area contributed by atoms with E-state index in [1.54, 1.807) is 6.20 Å². The molecular weight excluding hydrogens is 246 g/mol. The molecule has 0 saturated heterocycles. The number of anilines is 1. The Morgan fingerprint density at radius 1 is 1.28 bits per heavy atom. The van der Waals surface area contributed by atoms with Crippen LogP contribution in [0.25, 0.3) is 0 Å². The molecule has 3 nitrogen and oxygen atoms in total. The molecule has 18 heavy (non-hydrogen) atoms. The van der Waals surface area contributed by atoms with Crippen molar-refractivity contribution in [1.29, 1.82) is 0 Å². The largest absolute Gasteiger partial charge is 0.398 e. The second kappa shape index (κ2) is 5.85. The molecule has 94 valence electrons. The Morgan fingerprint density at radius 3 is 2.83 bits per heavy atom. The summed E-state index contributed by atoms with van der Waals surface area (Å²) in [5.74, 6) is 0. The van der Waals surface area contributed by atoms with E-state index in [4.69, 9.17) is 17.3 Å². The molecule has 1 heterocycles.